The maximum atomic E-state index is 12.4. The Kier molecular flexibility index (Phi) is 4.60. The van der Waals surface area contributed by atoms with Gasteiger partial charge in [-0.2, -0.15) is 0 Å². The molecule has 28 heavy (non-hydrogen) atoms. The molecule has 1 amide bonds. The summed E-state index contributed by atoms with van der Waals surface area (Å²) >= 11 is 0. The van der Waals surface area contributed by atoms with E-state index < -0.39 is 5.60 Å². The average Bonchev–Trinajstić information content (AvgIpc) is 3.02. The van der Waals surface area contributed by atoms with Crippen molar-refractivity contribution in [3.8, 4) is 0 Å². The SMILES string of the molecule is CC1Cc2cc(C3=CN4CCN(C(=O)OC(C)(C)C)CC4C3)ccc2C(=O)O1. The Bertz CT molecular complexity index is 839. The van der Waals surface area contributed by atoms with Gasteiger partial charge in [-0.1, -0.05) is 12.1 Å². The highest BCUT2D eigenvalue weighted by atomic mass is 16.6. The third kappa shape index (κ3) is 3.73. The number of piperazine rings is 1. The standard InChI is InChI=1S/C22H28N2O4/c1-14-9-16-10-15(5-6-19(16)20(25)27-14)17-11-18-13-24(8-7-23(18)12-17)21(26)28-22(2,3)4/h5-6,10,12,14,18H,7-9,11,13H2,1-4H3. The van der Waals surface area contributed by atoms with Crippen molar-refractivity contribution in [3.05, 3.63) is 41.1 Å². The van der Waals surface area contributed by atoms with E-state index in [1.54, 1.807) is 0 Å². The molecule has 0 aromatic heterocycles. The van der Waals surface area contributed by atoms with Crippen LogP contribution < -0.4 is 0 Å². The molecule has 4 rings (SSSR count). The number of carbonyl (C=O) groups excluding carboxylic acids is 2. The van der Waals surface area contributed by atoms with Crippen LogP contribution in [0.25, 0.3) is 5.57 Å². The van der Waals surface area contributed by atoms with Crippen LogP contribution in [0.4, 0.5) is 4.79 Å². The molecular formula is C22H28N2O4. The first-order valence-electron chi connectivity index (χ1n) is 9.98. The lowest BCUT2D eigenvalue weighted by Gasteiger charge is -2.38. The number of cyclic esters (lactones) is 1. The lowest BCUT2D eigenvalue weighted by molar-refractivity contribution is 0.0117. The molecule has 6 heteroatoms. The zero-order valence-electron chi connectivity index (χ0n) is 17.0. The molecular weight excluding hydrogens is 356 g/mol. The van der Waals surface area contributed by atoms with Gasteiger partial charge in [-0.3, -0.25) is 0 Å². The van der Waals surface area contributed by atoms with E-state index in [0.29, 0.717) is 18.7 Å². The fourth-order valence-corrected chi connectivity index (χ4v) is 4.17. The molecule has 3 aliphatic heterocycles. The van der Waals surface area contributed by atoms with Crippen LogP contribution in [0.5, 0.6) is 0 Å². The van der Waals surface area contributed by atoms with Crippen molar-refractivity contribution in [1.29, 1.82) is 0 Å². The largest absolute Gasteiger partial charge is 0.459 e. The van der Waals surface area contributed by atoms with Crippen molar-refractivity contribution in [1.82, 2.24) is 9.80 Å². The van der Waals surface area contributed by atoms with Gasteiger partial charge in [0.2, 0.25) is 0 Å². The van der Waals surface area contributed by atoms with Gasteiger partial charge in [0.1, 0.15) is 11.7 Å². The van der Waals surface area contributed by atoms with E-state index in [2.05, 4.69) is 17.2 Å². The topological polar surface area (TPSA) is 59.1 Å². The Morgan fingerprint density at radius 1 is 1.21 bits per heavy atom. The monoisotopic (exact) mass is 384 g/mol. The van der Waals surface area contributed by atoms with Gasteiger partial charge >= 0.3 is 12.1 Å². The average molecular weight is 384 g/mol. The molecule has 3 heterocycles. The van der Waals surface area contributed by atoms with Crippen molar-refractivity contribution in [2.45, 2.75) is 58.3 Å². The molecule has 3 aliphatic rings. The summed E-state index contributed by atoms with van der Waals surface area (Å²) in [6, 6.07) is 6.29. The van der Waals surface area contributed by atoms with Gasteiger partial charge in [-0.25, -0.2) is 9.59 Å². The van der Waals surface area contributed by atoms with Gasteiger partial charge in [-0.15, -0.1) is 0 Å². The molecule has 2 atom stereocenters. The number of esters is 1. The van der Waals surface area contributed by atoms with E-state index in [-0.39, 0.29) is 24.2 Å². The summed E-state index contributed by atoms with van der Waals surface area (Å²) in [6.45, 7) is 9.75. The van der Waals surface area contributed by atoms with Crippen LogP contribution in [0.1, 0.15) is 55.6 Å². The smallest absolute Gasteiger partial charge is 0.410 e. The van der Waals surface area contributed by atoms with Crippen LogP contribution in [-0.2, 0) is 15.9 Å². The van der Waals surface area contributed by atoms with E-state index in [1.807, 2.05) is 44.7 Å². The van der Waals surface area contributed by atoms with E-state index in [0.717, 1.165) is 30.5 Å². The zero-order valence-corrected chi connectivity index (χ0v) is 17.0. The maximum absolute atomic E-state index is 12.4. The number of hydrogen-bond donors (Lipinski definition) is 0. The molecule has 1 fully saturated rings. The predicted molar refractivity (Wildman–Crippen MR) is 106 cm³/mol. The van der Waals surface area contributed by atoms with Crippen molar-refractivity contribution in [3.63, 3.8) is 0 Å². The highest BCUT2D eigenvalue weighted by Crippen LogP contribution is 2.34. The molecule has 1 aromatic rings. The number of amides is 1. The van der Waals surface area contributed by atoms with Gasteiger partial charge in [0.25, 0.3) is 0 Å². The third-order valence-electron chi connectivity index (χ3n) is 5.47. The number of carbonyl (C=O) groups is 2. The summed E-state index contributed by atoms with van der Waals surface area (Å²) in [5.41, 5.74) is 3.66. The first kappa shape index (κ1) is 18.8. The Labute approximate surface area is 166 Å². The minimum absolute atomic E-state index is 0.0819. The fraction of sp³-hybridized carbons (Fsp3) is 0.545. The van der Waals surface area contributed by atoms with E-state index >= 15 is 0 Å². The second kappa shape index (κ2) is 6.83. The summed E-state index contributed by atoms with van der Waals surface area (Å²) in [7, 11) is 0. The first-order chi connectivity index (χ1) is 13.2. The lowest BCUT2D eigenvalue weighted by Crippen LogP contribution is -2.52. The minimum atomic E-state index is -0.477. The number of nitrogens with zero attached hydrogens (tertiary/aromatic N) is 2. The zero-order chi connectivity index (χ0) is 20.1. The molecule has 2 unspecified atom stereocenters. The Balaban J connectivity index is 1.46. The van der Waals surface area contributed by atoms with Crippen LogP contribution in [0, 0.1) is 0 Å². The van der Waals surface area contributed by atoms with Crippen molar-refractivity contribution in [2.75, 3.05) is 19.6 Å². The molecule has 0 bridgehead atoms. The third-order valence-corrected chi connectivity index (χ3v) is 5.47. The summed E-state index contributed by atoms with van der Waals surface area (Å²) in [6.07, 6.45) is 3.53. The maximum Gasteiger partial charge on any atom is 0.410 e. The summed E-state index contributed by atoms with van der Waals surface area (Å²) in [5, 5.41) is 0. The fourth-order valence-electron chi connectivity index (χ4n) is 4.17. The first-order valence-corrected chi connectivity index (χ1v) is 9.98. The minimum Gasteiger partial charge on any atom is -0.459 e. The molecule has 0 spiro atoms. The van der Waals surface area contributed by atoms with Crippen LogP contribution in [0.3, 0.4) is 0 Å². The summed E-state index contributed by atoms with van der Waals surface area (Å²) < 4.78 is 10.8. The Morgan fingerprint density at radius 3 is 2.75 bits per heavy atom. The molecule has 1 aromatic carbocycles. The van der Waals surface area contributed by atoms with Gasteiger partial charge in [0.05, 0.1) is 11.6 Å². The van der Waals surface area contributed by atoms with Gasteiger partial charge in [0.15, 0.2) is 0 Å². The van der Waals surface area contributed by atoms with E-state index in [1.165, 1.54) is 5.57 Å². The molecule has 0 N–H and O–H groups in total. The lowest BCUT2D eigenvalue weighted by atomic mass is 9.93. The molecule has 0 saturated carbocycles. The van der Waals surface area contributed by atoms with Crippen LogP contribution >= 0.6 is 0 Å². The van der Waals surface area contributed by atoms with Gasteiger partial charge in [0, 0.05) is 32.3 Å². The quantitative estimate of drug-likeness (QED) is 0.694. The highest BCUT2D eigenvalue weighted by Gasteiger charge is 2.35. The normalized spacial score (nSPS) is 24.3. The second-order valence-corrected chi connectivity index (χ2v) is 8.97. The summed E-state index contributed by atoms with van der Waals surface area (Å²) in [4.78, 5) is 28.6. The highest BCUT2D eigenvalue weighted by molar-refractivity contribution is 5.92. The Hall–Kier alpha value is -2.50. The van der Waals surface area contributed by atoms with Gasteiger partial charge < -0.3 is 19.3 Å². The summed E-state index contributed by atoms with van der Waals surface area (Å²) in [5.74, 6) is -0.230. The second-order valence-electron chi connectivity index (χ2n) is 8.97. The number of rotatable bonds is 1. The predicted octanol–water partition coefficient (Wildman–Crippen LogP) is 3.45. The molecule has 0 aliphatic carbocycles. The van der Waals surface area contributed by atoms with Crippen LogP contribution in [0.15, 0.2) is 24.4 Å². The van der Waals surface area contributed by atoms with Crippen LogP contribution in [-0.4, -0.2) is 59.2 Å². The van der Waals surface area contributed by atoms with E-state index in [4.69, 9.17) is 9.47 Å². The Morgan fingerprint density at radius 2 is 2.00 bits per heavy atom. The number of hydrogen-bond acceptors (Lipinski definition) is 5. The molecule has 1 saturated heterocycles. The molecule has 0 radical (unpaired) electrons. The van der Waals surface area contributed by atoms with E-state index in [9.17, 15) is 9.59 Å². The van der Waals surface area contributed by atoms with Crippen molar-refractivity contribution < 1.29 is 19.1 Å². The molecule has 150 valence electrons. The number of benzene rings is 1. The van der Waals surface area contributed by atoms with Gasteiger partial charge in [-0.05, 0) is 56.9 Å². The van der Waals surface area contributed by atoms with Crippen molar-refractivity contribution in [2.24, 2.45) is 0 Å². The van der Waals surface area contributed by atoms with Crippen molar-refractivity contribution >= 4 is 17.6 Å². The molecule has 6 nitrogen and oxygen atoms in total. The van der Waals surface area contributed by atoms with Crippen LogP contribution in [0.2, 0.25) is 0 Å². The number of ether oxygens (including phenoxy) is 2. The number of fused-ring (bicyclic) bond motifs is 2.